The van der Waals surface area contributed by atoms with E-state index in [4.69, 9.17) is 4.74 Å². The van der Waals surface area contributed by atoms with Crippen molar-refractivity contribution in [2.45, 2.75) is 0 Å². The van der Waals surface area contributed by atoms with Crippen molar-refractivity contribution >= 4 is 50.7 Å². The minimum absolute atomic E-state index is 0.0745. The van der Waals surface area contributed by atoms with Crippen molar-refractivity contribution in [3.05, 3.63) is 45.1 Å². The molecule has 9 heteroatoms. The number of anilines is 1. The SMILES string of the molecule is COC(=O)COc1ccc(NC(=O)CN(C)C(=O)c2ccc(Br)s2)cc1. The molecular weight excluding hydrogens is 424 g/mol. The third kappa shape index (κ3) is 5.85. The Morgan fingerprint density at radius 3 is 2.42 bits per heavy atom. The quantitative estimate of drug-likeness (QED) is 0.668. The lowest BCUT2D eigenvalue weighted by atomic mass is 10.3. The number of esters is 1. The molecule has 0 bridgehead atoms. The normalized spacial score (nSPS) is 10.1. The predicted octanol–water partition coefficient (Wildman–Crippen LogP) is 2.77. The minimum Gasteiger partial charge on any atom is -0.482 e. The number of likely N-dealkylation sites (N-methyl/N-ethyl adjacent to an activating group) is 1. The first kappa shape index (κ1) is 19.9. The summed E-state index contributed by atoms with van der Waals surface area (Å²) in [7, 11) is 2.85. The largest absolute Gasteiger partial charge is 0.482 e. The number of ether oxygens (including phenoxy) is 2. The van der Waals surface area contributed by atoms with E-state index in [1.807, 2.05) is 0 Å². The number of carbonyl (C=O) groups is 3. The molecule has 0 fully saturated rings. The van der Waals surface area contributed by atoms with E-state index in [2.05, 4.69) is 26.0 Å². The van der Waals surface area contributed by atoms with Gasteiger partial charge in [0.2, 0.25) is 5.91 Å². The standard InChI is InChI=1S/C17H17BrN2O5S/c1-20(17(23)13-7-8-14(18)26-13)9-15(21)19-11-3-5-12(6-4-11)25-10-16(22)24-2/h3-8H,9-10H2,1-2H3,(H,19,21). The minimum atomic E-state index is -0.479. The average Bonchev–Trinajstić information content (AvgIpc) is 3.06. The Morgan fingerprint density at radius 2 is 1.85 bits per heavy atom. The van der Waals surface area contributed by atoms with E-state index < -0.39 is 5.97 Å². The fourth-order valence-electron chi connectivity index (χ4n) is 1.94. The molecule has 0 atom stereocenters. The Labute approximate surface area is 163 Å². The van der Waals surface area contributed by atoms with Crippen molar-refractivity contribution in [1.82, 2.24) is 4.90 Å². The van der Waals surface area contributed by atoms with Gasteiger partial charge < -0.3 is 19.7 Å². The second kappa shape index (κ2) is 9.35. The van der Waals surface area contributed by atoms with E-state index in [9.17, 15) is 14.4 Å². The third-order valence-electron chi connectivity index (χ3n) is 3.23. The van der Waals surface area contributed by atoms with Crippen LogP contribution < -0.4 is 10.1 Å². The van der Waals surface area contributed by atoms with E-state index in [1.165, 1.54) is 23.3 Å². The lowest BCUT2D eigenvalue weighted by Crippen LogP contribution is -2.34. The van der Waals surface area contributed by atoms with Gasteiger partial charge in [0.15, 0.2) is 6.61 Å². The van der Waals surface area contributed by atoms with Gasteiger partial charge in [-0.25, -0.2) is 4.79 Å². The summed E-state index contributed by atoms with van der Waals surface area (Å²) in [5.74, 6) is -0.543. The van der Waals surface area contributed by atoms with Crippen molar-refractivity contribution < 1.29 is 23.9 Å². The molecule has 2 amide bonds. The number of thiophene rings is 1. The van der Waals surface area contributed by atoms with E-state index in [1.54, 1.807) is 43.4 Å². The molecular formula is C17H17BrN2O5S. The molecule has 0 saturated carbocycles. The van der Waals surface area contributed by atoms with Crippen LogP contribution >= 0.6 is 27.3 Å². The molecule has 0 radical (unpaired) electrons. The number of methoxy groups -OCH3 is 1. The maximum Gasteiger partial charge on any atom is 0.343 e. The summed E-state index contributed by atoms with van der Waals surface area (Å²) in [4.78, 5) is 37.2. The molecule has 1 aromatic carbocycles. The molecule has 2 rings (SSSR count). The highest BCUT2D eigenvalue weighted by Gasteiger charge is 2.16. The first-order valence-electron chi connectivity index (χ1n) is 7.49. The summed E-state index contributed by atoms with van der Waals surface area (Å²) in [6, 6.07) is 10.0. The molecule has 0 spiro atoms. The number of nitrogens with zero attached hydrogens (tertiary/aromatic N) is 1. The monoisotopic (exact) mass is 440 g/mol. The van der Waals surface area contributed by atoms with Gasteiger partial charge in [-0.15, -0.1) is 11.3 Å². The van der Waals surface area contributed by atoms with E-state index >= 15 is 0 Å². The number of amides is 2. The number of hydrogen-bond donors (Lipinski definition) is 1. The van der Waals surface area contributed by atoms with Gasteiger partial charge >= 0.3 is 5.97 Å². The highest BCUT2D eigenvalue weighted by Crippen LogP contribution is 2.23. The van der Waals surface area contributed by atoms with Crippen molar-refractivity contribution in [2.24, 2.45) is 0 Å². The zero-order valence-electron chi connectivity index (χ0n) is 14.2. The molecule has 1 heterocycles. The summed E-state index contributed by atoms with van der Waals surface area (Å²) < 4.78 is 10.6. The summed E-state index contributed by atoms with van der Waals surface area (Å²) in [6.45, 7) is -0.261. The molecule has 0 unspecified atom stereocenters. The highest BCUT2D eigenvalue weighted by molar-refractivity contribution is 9.11. The summed E-state index contributed by atoms with van der Waals surface area (Å²) in [5, 5.41) is 2.70. The van der Waals surface area contributed by atoms with E-state index in [0.717, 1.165) is 3.79 Å². The van der Waals surface area contributed by atoms with Crippen LogP contribution in [0.4, 0.5) is 5.69 Å². The second-order valence-electron chi connectivity index (χ2n) is 5.20. The smallest absolute Gasteiger partial charge is 0.343 e. The van der Waals surface area contributed by atoms with Gasteiger partial charge in [-0.05, 0) is 52.3 Å². The van der Waals surface area contributed by atoms with Gasteiger partial charge in [0.05, 0.1) is 22.3 Å². The van der Waals surface area contributed by atoms with Crippen LogP contribution in [-0.4, -0.2) is 50.0 Å². The van der Waals surface area contributed by atoms with Crippen molar-refractivity contribution in [3.8, 4) is 5.75 Å². The first-order chi connectivity index (χ1) is 12.4. The van der Waals surface area contributed by atoms with Crippen LogP contribution in [0.5, 0.6) is 5.75 Å². The zero-order valence-corrected chi connectivity index (χ0v) is 16.6. The van der Waals surface area contributed by atoms with Crippen molar-refractivity contribution in [1.29, 1.82) is 0 Å². The Morgan fingerprint density at radius 1 is 1.15 bits per heavy atom. The van der Waals surface area contributed by atoms with Crippen LogP contribution in [-0.2, 0) is 14.3 Å². The van der Waals surface area contributed by atoms with Gasteiger partial charge in [0.25, 0.3) is 5.91 Å². The number of halogens is 1. The number of benzene rings is 1. The molecule has 1 aromatic heterocycles. The Bertz CT molecular complexity index is 791. The molecule has 0 aliphatic heterocycles. The van der Waals surface area contributed by atoms with E-state index in [-0.39, 0.29) is 25.0 Å². The van der Waals surface area contributed by atoms with Crippen LogP contribution in [0, 0.1) is 0 Å². The summed E-state index contributed by atoms with van der Waals surface area (Å²) in [6.07, 6.45) is 0. The topological polar surface area (TPSA) is 84.9 Å². The van der Waals surface area contributed by atoms with Gasteiger partial charge in [0.1, 0.15) is 5.75 Å². The fraction of sp³-hybridized carbons (Fsp3) is 0.235. The Kier molecular flexibility index (Phi) is 7.16. The predicted molar refractivity (Wildman–Crippen MR) is 102 cm³/mol. The first-order valence-corrected chi connectivity index (χ1v) is 9.10. The van der Waals surface area contributed by atoms with Crippen LogP contribution in [0.2, 0.25) is 0 Å². The van der Waals surface area contributed by atoms with Crippen LogP contribution in [0.25, 0.3) is 0 Å². The molecule has 0 aliphatic carbocycles. The highest BCUT2D eigenvalue weighted by atomic mass is 79.9. The fourth-order valence-corrected chi connectivity index (χ4v) is 3.32. The van der Waals surface area contributed by atoms with E-state index in [0.29, 0.717) is 16.3 Å². The summed E-state index contributed by atoms with van der Waals surface area (Å²) in [5.41, 5.74) is 0.556. The maximum atomic E-state index is 12.2. The molecule has 0 saturated heterocycles. The van der Waals surface area contributed by atoms with Gasteiger partial charge in [0, 0.05) is 12.7 Å². The molecule has 138 valence electrons. The van der Waals surface area contributed by atoms with Gasteiger partial charge in [-0.2, -0.15) is 0 Å². The molecule has 0 aliphatic rings. The van der Waals surface area contributed by atoms with Crippen LogP contribution in [0.15, 0.2) is 40.2 Å². The third-order valence-corrected chi connectivity index (χ3v) is 4.85. The lowest BCUT2D eigenvalue weighted by molar-refractivity contribution is -0.142. The molecule has 7 nitrogen and oxygen atoms in total. The zero-order chi connectivity index (χ0) is 19.1. The number of rotatable bonds is 7. The number of nitrogens with one attached hydrogen (secondary N) is 1. The maximum absolute atomic E-state index is 12.2. The molecule has 26 heavy (non-hydrogen) atoms. The molecule has 2 aromatic rings. The average molecular weight is 441 g/mol. The Balaban J connectivity index is 1.85. The van der Waals surface area contributed by atoms with Gasteiger partial charge in [-0.3, -0.25) is 9.59 Å². The van der Waals surface area contributed by atoms with Crippen LogP contribution in [0.3, 0.4) is 0 Å². The molecule has 1 N–H and O–H groups in total. The van der Waals surface area contributed by atoms with Crippen LogP contribution in [0.1, 0.15) is 9.67 Å². The summed E-state index contributed by atoms with van der Waals surface area (Å²) >= 11 is 4.62. The number of carbonyl (C=O) groups excluding carboxylic acids is 3. The van der Waals surface area contributed by atoms with Crippen molar-refractivity contribution in [3.63, 3.8) is 0 Å². The number of hydrogen-bond acceptors (Lipinski definition) is 6. The van der Waals surface area contributed by atoms with Crippen molar-refractivity contribution in [2.75, 3.05) is 32.6 Å². The van der Waals surface area contributed by atoms with Gasteiger partial charge in [-0.1, -0.05) is 0 Å². The lowest BCUT2D eigenvalue weighted by Gasteiger charge is -2.16. The second-order valence-corrected chi connectivity index (χ2v) is 7.67. The Hall–Kier alpha value is -2.39.